The van der Waals surface area contributed by atoms with E-state index in [-0.39, 0.29) is 11.6 Å². The number of hydrazine groups is 1. The maximum Gasteiger partial charge on any atom is 0.0641 e. The van der Waals surface area contributed by atoms with Crippen molar-refractivity contribution >= 4 is 0 Å². The molecule has 0 fully saturated rings. The van der Waals surface area contributed by atoms with Crippen molar-refractivity contribution in [2.75, 3.05) is 7.11 Å². The van der Waals surface area contributed by atoms with E-state index in [2.05, 4.69) is 67.8 Å². The first-order valence-corrected chi connectivity index (χ1v) is 7.22. The highest BCUT2D eigenvalue weighted by atomic mass is 16.5. The summed E-state index contributed by atoms with van der Waals surface area (Å²) in [6.07, 6.45) is 0.810. The van der Waals surface area contributed by atoms with Gasteiger partial charge in [0.2, 0.25) is 0 Å². The lowest BCUT2D eigenvalue weighted by Gasteiger charge is -2.28. The van der Waals surface area contributed by atoms with Crippen LogP contribution in [0.25, 0.3) is 11.1 Å². The van der Waals surface area contributed by atoms with Crippen molar-refractivity contribution in [2.24, 2.45) is 5.84 Å². The van der Waals surface area contributed by atoms with Gasteiger partial charge in [-0.2, -0.15) is 0 Å². The zero-order valence-electron chi connectivity index (χ0n) is 13.0. The molecule has 2 rings (SSSR count). The van der Waals surface area contributed by atoms with Crippen LogP contribution in [-0.4, -0.2) is 12.7 Å². The molecule has 0 radical (unpaired) electrons. The first-order valence-electron chi connectivity index (χ1n) is 7.22. The third kappa shape index (κ3) is 4.14. The highest BCUT2D eigenvalue weighted by Gasteiger charge is 2.23. The van der Waals surface area contributed by atoms with E-state index >= 15 is 0 Å². The molecule has 0 saturated heterocycles. The molecule has 0 amide bonds. The summed E-state index contributed by atoms with van der Waals surface area (Å²) in [6.45, 7) is 4.13. The third-order valence-corrected chi connectivity index (χ3v) is 3.87. The first-order chi connectivity index (χ1) is 10.1. The number of hydrogen-bond donors (Lipinski definition) is 2. The minimum absolute atomic E-state index is 0.0739. The van der Waals surface area contributed by atoms with Gasteiger partial charge in [-0.3, -0.25) is 11.3 Å². The minimum Gasteiger partial charge on any atom is -0.379 e. The van der Waals surface area contributed by atoms with Crippen molar-refractivity contribution in [3.63, 3.8) is 0 Å². The maximum absolute atomic E-state index is 5.71. The van der Waals surface area contributed by atoms with Crippen molar-refractivity contribution in [3.8, 4) is 11.1 Å². The van der Waals surface area contributed by atoms with Crippen LogP contribution < -0.4 is 11.3 Å². The monoisotopic (exact) mass is 284 g/mol. The second-order valence-electron chi connectivity index (χ2n) is 5.88. The molecule has 0 aliphatic carbocycles. The second-order valence-corrected chi connectivity index (χ2v) is 5.88. The Hall–Kier alpha value is -1.68. The Kier molecular flexibility index (Phi) is 5.12. The van der Waals surface area contributed by atoms with Crippen LogP contribution in [0.3, 0.4) is 0 Å². The lowest BCUT2D eigenvalue weighted by molar-refractivity contribution is 0.00681. The van der Waals surface area contributed by atoms with Gasteiger partial charge in [-0.05, 0) is 37.0 Å². The summed E-state index contributed by atoms with van der Waals surface area (Å²) in [4.78, 5) is 0. The topological polar surface area (TPSA) is 47.3 Å². The van der Waals surface area contributed by atoms with Crippen molar-refractivity contribution in [1.82, 2.24) is 5.43 Å². The first kappa shape index (κ1) is 15.7. The Morgan fingerprint density at radius 3 is 2.10 bits per heavy atom. The summed E-state index contributed by atoms with van der Waals surface area (Å²) < 4.78 is 5.49. The molecular weight excluding hydrogens is 260 g/mol. The van der Waals surface area contributed by atoms with Crippen molar-refractivity contribution in [1.29, 1.82) is 0 Å². The average Bonchev–Trinajstić information content (AvgIpc) is 2.54. The summed E-state index contributed by atoms with van der Waals surface area (Å²) in [6, 6.07) is 18.9. The standard InChI is InChI=1S/C18H24N2O/c1-18(2,21-3)13-17(20-19)16-11-9-15(10-12-16)14-7-5-4-6-8-14/h4-12,17,20H,13,19H2,1-3H3. The van der Waals surface area contributed by atoms with E-state index in [1.54, 1.807) is 7.11 Å². The Bertz CT molecular complexity index is 549. The highest BCUT2D eigenvalue weighted by molar-refractivity contribution is 5.63. The van der Waals surface area contributed by atoms with E-state index in [1.807, 2.05) is 6.07 Å². The zero-order valence-corrected chi connectivity index (χ0v) is 13.0. The molecule has 0 spiro atoms. The molecule has 2 aromatic rings. The van der Waals surface area contributed by atoms with Crippen LogP contribution in [-0.2, 0) is 4.74 Å². The Morgan fingerprint density at radius 2 is 1.57 bits per heavy atom. The Labute approximate surface area is 127 Å². The van der Waals surface area contributed by atoms with Gasteiger partial charge in [-0.15, -0.1) is 0 Å². The number of ether oxygens (including phenoxy) is 1. The fraction of sp³-hybridized carbons (Fsp3) is 0.333. The van der Waals surface area contributed by atoms with Gasteiger partial charge >= 0.3 is 0 Å². The van der Waals surface area contributed by atoms with Gasteiger partial charge in [0, 0.05) is 13.2 Å². The summed E-state index contributed by atoms with van der Waals surface area (Å²) in [5.41, 5.74) is 6.27. The molecule has 0 saturated carbocycles. The molecule has 2 aromatic carbocycles. The molecule has 0 aliphatic heterocycles. The molecule has 112 valence electrons. The number of nitrogens with two attached hydrogens (primary N) is 1. The van der Waals surface area contributed by atoms with Crippen LogP contribution in [0.5, 0.6) is 0 Å². The molecule has 0 bridgehead atoms. The van der Waals surface area contributed by atoms with Crippen LogP contribution in [0, 0.1) is 0 Å². The summed E-state index contributed by atoms with van der Waals surface area (Å²) in [7, 11) is 1.73. The lowest BCUT2D eigenvalue weighted by atomic mass is 9.93. The van der Waals surface area contributed by atoms with Crippen molar-refractivity contribution < 1.29 is 4.74 Å². The molecule has 3 nitrogen and oxygen atoms in total. The average molecular weight is 284 g/mol. The molecule has 0 aromatic heterocycles. The summed E-state index contributed by atoms with van der Waals surface area (Å²) in [5.74, 6) is 5.71. The maximum atomic E-state index is 5.71. The summed E-state index contributed by atoms with van der Waals surface area (Å²) >= 11 is 0. The molecule has 21 heavy (non-hydrogen) atoms. The van der Waals surface area contributed by atoms with Crippen LogP contribution in [0.2, 0.25) is 0 Å². The second kappa shape index (κ2) is 6.85. The minimum atomic E-state index is -0.213. The van der Waals surface area contributed by atoms with Gasteiger partial charge in [0.15, 0.2) is 0 Å². The quantitative estimate of drug-likeness (QED) is 0.628. The number of methoxy groups -OCH3 is 1. The lowest BCUT2D eigenvalue weighted by Crippen LogP contribution is -2.35. The zero-order chi connectivity index (χ0) is 15.3. The summed E-state index contributed by atoms with van der Waals surface area (Å²) in [5, 5.41) is 0. The fourth-order valence-corrected chi connectivity index (χ4v) is 2.39. The van der Waals surface area contributed by atoms with Crippen LogP contribution in [0.15, 0.2) is 54.6 Å². The predicted octanol–water partition coefficient (Wildman–Crippen LogP) is 3.67. The van der Waals surface area contributed by atoms with E-state index in [1.165, 1.54) is 16.7 Å². The van der Waals surface area contributed by atoms with Crippen LogP contribution in [0.1, 0.15) is 31.9 Å². The largest absolute Gasteiger partial charge is 0.379 e. The van der Waals surface area contributed by atoms with Crippen LogP contribution >= 0.6 is 0 Å². The van der Waals surface area contributed by atoms with E-state index in [0.29, 0.717) is 0 Å². The number of rotatable bonds is 6. The molecule has 0 aliphatic rings. The van der Waals surface area contributed by atoms with E-state index < -0.39 is 0 Å². The van der Waals surface area contributed by atoms with Gasteiger partial charge in [-0.25, -0.2) is 0 Å². The number of nitrogens with one attached hydrogen (secondary N) is 1. The van der Waals surface area contributed by atoms with Gasteiger partial charge in [0.05, 0.1) is 5.60 Å². The molecule has 1 atom stereocenters. The SMILES string of the molecule is COC(C)(C)CC(NN)c1ccc(-c2ccccc2)cc1. The molecule has 0 heterocycles. The number of benzene rings is 2. The molecular formula is C18H24N2O. The van der Waals surface area contributed by atoms with E-state index in [4.69, 9.17) is 10.6 Å². The van der Waals surface area contributed by atoms with E-state index in [0.717, 1.165) is 6.42 Å². The molecule has 1 unspecified atom stereocenters. The third-order valence-electron chi connectivity index (χ3n) is 3.87. The normalized spacial score (nSPS) is 13.1. The predicted molar refractivity (Wildman–Crippen MR) is 87.6 cm³/mol. The Morgan fingerprint density at radius 1 is 1.00 bits per heavy atom. The molecule has 3 heteroatoms. The van der Waals surface area contributed by atoms with E-state index in [9.17, 15) is 0 Å². The van der Waals surface area contributed by atoms with Gasteiger partial charge < -0.3 is 4.74 Å². The number of hydrogen-bond acceptors (Lipinski definition) is 3. The van der Waals surface area contributed by atoms with Gasteiger partial charge in [-0.1, -0.05) is 54.6 Å². The Balaban J connectivity index is 2.17. The molecule has 3 N–H and O–H groups in total. The van der Waals surface area contributed by atoms with Gasteiger partial charge in [0.25, 0.3) is 0 Å². The van der Waals surface area contributed by atoms with Crippen LogP contribution in [0.4, 0.5) is 0 Å². The van der Waals surface area contributed by atoms with Crippen molar-refractivity contribution in [2.45, 2.75) is 31.9 Å². The smallest absolute Gasteiger partial charge is 0.0641 e. The van der Waals surface area contributed by atoms with Crippen molar-refractivity contribution in [3.05, 3.63) is 60.2 Å². The fourth-order valence-electron chi connectivity index (χ4n) is 2.39. The van der Waals surface area contributed by atoms with Gasteiger partial charge in [0.1, 0.15) is 0 Å². The highest BCUT2D eigenvalue weighted by Crippen LogP contribution is 2.27.